The summed E-state index contributed by atoms with van der Waals surface area (Å²) in [7, 11) is 1.58. The summed E-state index contributed by atoms with van der Waals surface area (Å²) in [6.07, 6.45) is 5.07. The number of hydrogen-bond acceptors (Lipinski definition) is 10. The first-order valence-electron chi connectivity index (χ1n) is 16.1. The van der Waals surface area contributed by atoms with Crippen LogP contribution < -0.4 is 25.3 Å². The second kappa shape index (κ2) is 14.5. The molecule has 4 heterocycles. The molecule has 0 spiro atoms. The number of piperazine rings is 1. The fourth-order valence-electron chi connectivity index (χ4n) is 6.65. The van der Waals surface area contributed by atoms with Crippen LogP contribution in [0.15, 0.2) is 55.4 Å². The van der Waals surface area contributed by atoms with Crippen LogP contribution in [0.5, 0.6) is 5.75 Å². The fraction of sp³-hybridized carbons (Fsp3) is 0.412. The third-order valence-corrected chi connectivity index (χ3v) is 9.22. The highest BCUT2D eigenvalue weighted by Gasteiger charge is 2.31. The van der Waals surface area contributed by atoms with Crippen molar-refractivity contribution in [3.8, 4) is 5.75 Å². The number of benzene rings is 2. The number of piperidine rings is 1. The van der Waals surface area contributed by atoms with Crippen LogP contribution >= 0.6 is 0 Å². The number of rotatable bonds is 9. The number of hydrogen-bond donors (Lipinski definition) is 2. The molecule has 0 bridgehead atoms. The number of hydroxylamine groups is 1. The maximum Gasteiger partial charge on any atom is 0.247 e. The van der Waals surface area contributed by atoms with Gasteiger partial charge >= 0.3 is 0 Å². The van der Waals surface area contributed by atoms with E-state index in [0.717, 1.165) is 63.9 Å². The highest BCUT2D eigenvalue weighted by Crippen LogP contribution is 2.40. The molecule has 3 fully saturated rings. The van der Waals surface area contributed by atoms with Gasteiger partial charge in [0.15, 0.2) is 17.5 Å². The smallest absolute Gasteiger partial charge is 0.247 e. The van der Waals surface area contributed by atoms with Gasteiger partial charge in [-0.05, 0) is 42.7 Å². The molecule has 3 aromatic rings. The lowest BCUT2D eigenvalue weighted by atomic mass is 10.0. The molecule has 3 saturated heterocycles. The molecule has 254 valence electrons. The number of ether oxygens (including phenoxy) is 1. The van der Waals surface area contributed by atoms with Gasteiger partial charge in [0.1, 0.15) is 17.9 Å². The average Bonchev–Trinajstić information content (AvgIpc) is 3.60. The zero-order chi connectivity index (χ0) is 33.8. The Morgan fingerprint density at radius 3 is 2.44 bits per heavy atom. The van der Waals surface area contributed by atoms with E-state index in [1.165, 1.54) is 24.5 Å². The van der Waals surface area contributed by atoms with Gasteiger partial charge in [-0.25, -0.2) is 23.8 Å². The van der Waals surface area contributed by atoms with Gasteiger partial charge in [0.25, 0.3) is 0 Å². The molecule has 48 heavy (non-hydrogen) atoms. The van der Waals surface area contributed by atoms with Gasteiger partial charge in [-0.2, -0.15) is 0 Å². The van der Waals surface area contributed by atoms with E-state index < -0.39 is 11.6 Å². The Morgan fingerprint density at radius 2 is 1.75 bits per heavy atom. The van der Waals surface area contributed by atoms with Crippen molar-refractivity contribution in [2.45, 2.75) is 38.3 Å². The highest BCUT2D eigenvalue weighted by atomic mass is 19.2. The number of amides is 2. The minimum absolute atomic E-state index is 0.125. The van der Waals surface area contributed by atoms with E-state index in [2.05, 4.69) is 37.0 Å². The van der Waals surface area contributed by atoms with E-state index in [-0.39, 0.29) is 17.9 Å². The van der Waals surface area contributed by atoms with Crippen molar-refractivity contribution >= 4 is 40.5 Å². The molecule has 0 unspecified atom stereocenters. The second-order valence-electron chi connectivity index (χ2n) is 12.0. The number of carbonyl (C=O) groups is 2. The van der Waals surface area contributed by atoms with E-state index in [1.54, 1.807) is 31.2 Å². The molecular formula is C34H40F2N8O4. The Morgan fingerprint density at radius 1 is 0.979 bits per heavy atom. The number of nitrogens with one attached hydrogen (secondary N) is 2. The van der Waals surface area contributed by atoms with Crippen LogP contribution in [0.2, 0.25) is 0 Å². The number of anilines is 5. The molecule has 2 amide bonds. The minimum atomic E-state index is -0.923. The quantitative estimate of drug-likeness (QED) is 0.314. The molecule has 3 aliphatic rings. The standard InChI is InChI=1S/C34H40F2N8O4/c1-4-34(46)40-27-18-28(31(47-3)19-30(27)43-10-7-24(8-11-43)42-14-12-41(13-15-42)22(2)45)39-32-20-33(38-21-37-32)44-29(9-16-48-44)23-5-6-25(35)26(36)17-23/h4-6,17-21,24,29H,1,7-16H2,2-3H3,(H,40,46)(H,37,38,39)/t29-/m1/s1. The zero-order valence-electron chi connectivity index (χ0n) is 27.1. The fourth-order valence-corrected chi connectivity index (χ4v) is 6.65. The summed E-state index contributed by atoms with van der Waals surface area (Å²) in [5.41, 5.74) is 2.55. The number of methoxy groups -OCH3 is 1. The first-order chi connectivity index (χ1) is 23.2. The van der Waals surface area contributed by atoms with Crippen LogP contribution in [0.1, 0.15) is 37.8 Å². The molecule has 2 N–H and O–H groups in total. The van der Waals surface area contributed by atoms with Gasteiger partial charge in [-0.1, -0.05) is 12.6 Å². The van der Waals surface area contributed by atoms with Crippen LogP contribution in [0, 0.1) is 11.6 Å². The molecule has 0 saturated carbocycles. The number of aromatic nitrogens is 2. The van der Waals surface area contributed by atoms with Crippen molar-refractivity contribution in [2.75, 3.05) is 73.6 Å². The van der Waals surface area contributed by atoms with Crippen molar-refractivity contribution in [1.29, 1.82) is 0 Å². The van der Waals surface area contributed by atoms with E-state index >= 15 is 0 Å². The van der Waals surface area contributed by atoms with Crippen LogP contribution in [0.25, 0.3) is 0 Å². The van der Waals surface area contributed by atoms with Crippen LogP contribution in [0.4, 0.5) is 37.5 Å². The molecular weight excluding hydrogens is 622 g/mol. The molecule has 1 atom stereocenters. The lowest BCUT2D eigenvalue weighted by Gasteiger charge is -2.43. The first-order valence-corrected chi connectivity index (χ1v) is 16.1. The Kier molecular flexibility index (Phi) is 10.0. The Hall–Kier alpha value is -4.82. The third kappa shape index (κ3) is 7.19. The Balaban J connectivity index is 1.20. The summed E-state index contributed by atoms with van der Waals surface area (Å²) in [5.74, 6) is -0.650. The Labute approximate surface area is 278 Å². The van der Waals surface area contributed by atoms with Crippen molar-refractivity contribution < 1.29 is 27.9 Å². The van der Waals surface area contributed by atoms with Crippen molar-refractivity contribution in [3.05, 3.63) is 72.6 Å². The maximum atomic E-state index is 14.0. The van der Waals surface area contributed by atoms with E-state index in [1.807, 2.05) is 11.0 Å². The minimum Gasteiger partial charge on any atom is -0.494 e. The number of halogens is 2. The summed E-state index contributed by atoms with van der Waals surface area (Å²) in [6, 6.07) is 9.27. The maximum absolute atomic E-state index is 14.0. The predicted molar refractivity (Wildman–Crippen MR) is 178 cm³/mol. The first kappa shape index (κ1) is 33.1. The van der Waals surface area contributed by atoms with Crippen LogP contribution in [0.3, 0.4) is 0 Å². The highest BCUT2D eigenvalue weighted by molar-refractivity contribution is 6.02. The summed E-state index contributed by atoms with van der Waals surface area (Å²) in [6.45, 7) is 10.5. The molecule has 3 aliphatic heterocycles. The molecule has 1 aromatic heterocycles. The summed E-state index contributed by atoms with van der Waals surface area (Å²) in [5, 5.41) is 7.81. The van der Waals surface area contributed by atoms with Gasteiger partial charge in [0, 0.05) is 70.8 Å². The van der Waals surface area contributed by atoms with Crippen LogP contribution in [-0.4, -0.2) is 90.6 Å². The predicted octanol–water partition coefficient (Wildman–Crippen LogP) is 4.65. The summed E-state index contributed by atoms with van der Waals surface area (Å²) >= 11 is 0. The van der Waals surface area contributed by atoms with Gasteiger partial charge in [-0.3, -0.25) is 19.3 Å². The largest absolute Gasteiger partial charge is 0.494 e. The van der Waals surface area contributed by atoms with Gasteiger partial charge in [0.05, 0.1) is 36.8 Å². The topological polar surface area (TPSA) is 115 Å². The van der Waals surface area contributed by atoms with Crippen molar-refractivity contribution in [1.82, 2.24) is 19.8 Å². The molecule has 14 heteroatoms. The van der Waals surface area contributed by atoms with Gasteiger partial charge in [0.2, 0.25) is 11.8 Å². The monoisotopic (exact) mass is 662 g/mol. The molecule has 6 rings (SSSR count). The van der Waals surface area contributed by atoms with Crippen molar-refractivity contribution in [2.24, 2.45) is 0 Å². The second-order valence-corrected chi connectivity index (χ2v) is 12.0. The molecule has 0 radical (unpaired) electrons. The van der Waals surface area contributed by atoms with E-state index in [4.69, 9.17) is 9.57 Å². The molecule has 0 aliphatic carbocycles. The number of nitrogens with zero attached hydrogens (tertiary/aromatic N) is 6. The Bertz CT molecular complexity index is 1660. The normalized spacial score (nSPS) is 18.9. The molecule has 12 nitrogen and oxygen atoms in total. The lowest BCUT2D eigenvalue weighted by molar-refractivity contribution is -0.131. The summed E-state index contributed by atoms with van der Waals surface area (Å²) in [4.78, 5) is 45.5. The zero-order valence-corrected chi connectivity index (χ0v) is 27.1. The van der Waals surface area contributed by atoms with Gasteiger partial charge < -0.3 is 25.2 Å². The SMILES string of the molecule is C=CC(=O)Nc1cc(Nc2cc(N3OCC[C@@H]3c3ccc(F)c(F)c3)ncn2)c(OC)cc1N1CCC(N2CCN(C(C)=O)CC2)CC1. The summed E-state index contributed by atoms with van der Waals surface area (Å²) < 4.78 is 33.4. The lowest BCUT2D eigenvalue weighted by Crippen LogP contribution is -2.54. The third-order valence-electron chi connectivity index (χ3n) is 9.22. The molecule has 2 aromatic carbocycles. The average molecular weight is 663 g/mol. The van der Waals surface area contributed by atoms with Crippen LogP contribution in [-0.2, 0) is 14.4 Å². The van der Waals surface area contributed by atoms with E-state index in [0.29, 0.717) is 53.4 Å². The van der Waals surface area contributed by atoms with Gasteiger partial charge in [-0.15, -0.1) is 0 Å². The number of carbonyl (C=O) groups excluding carboxylic acids is 2. The van der Waals surface area contributed by atoms with E-state index in [9.17, 15) is 18.4 Å². The van der Waals surface area contributed by atoms with Crippen molar-refractivity contribution in [3.63, 3.8) is 0 Å².